The minimum absolute atomic E-state index is 0.398. The molecule has 0 saturated carbocycles. The van der Waals surface area contributed by atoms with Gasteiger partial charge in [-0.1, -0.05) is 19.1 Å². The third-order valence-electron chi connectivity index (χ3n) is 5.40. The van der Waals surface area contributed by atoms with E-state index >= 15 is 0 Å². The van der Waals surface area contributed by atoms with Gasteiger partial charge in [-0.05, 0) is 55.0 Å². The Bertz CT molecular complexity index is 929. The highest BCUT2D eigenvalue weighted by molar-refractivity contribution is 6.39. The van der Waals surface area contributed by atoms with E-state index in [-0.39, 0.29) is 0 Å². The summed E-state index contributed by atoms with van der Waals surface area (Å²) in [5.74, 6) is -0.354. The maximum Gasteiger partial charge on any atom is 0.313 e. The van der Waals surface area contributed by atoms with Crippen molar-refractivity contribution in [2.24, 2.45) is 0 Å². The zero-order valence-corrected chi connectivity index (χ0v) is 18.5. The fraction of sp³-hybridized carbons (Fsp3) is 0.417. The minimum Gasteiger partial charge on any atom is -0.493 e. The average Bonchev–Trinajstić information content (AvgIpc) is 2.79. The number of nitrogens with one attached hydrogen (secondary N) is 2. The van der Waals surface area contributed by atoms with E-state index in [4.69, 9.17) is 9.47 Å². The molecule has 3 rings (SSSR count). The van der Waals surface area contributed by atoms with Gasteiger partial charge in [0, 0.05) is 37.1 Å². The van der Waals surface area contributed by atoms with Crippen LogP contribution in [0.15, 0.2) is 36.4 Å². The molecule has 0 spiro atoms. The Labute approximate surface area is 183 Å². The van der Waals surface area contributed by atoms with Crippen LogP contribution in [-0.4, -0.2) is 45.7 Å². The Morgan fingerprint density at radius 1 is 1.03 bits per heavy atom. The van der Waals surface area contributed by atoms with Crippen molar-refractivity contribution >= 4 is 23.2 Å². The van der Waals surface area contributed by atoms with Gasteiger partial charge in [0.25, 0.3) is 0 Å². The molecule has 0 unspecified atom stereocenters. The first-order valence-corrected chi connectivity index (χ1v) is 10.7. The van der Waals surface area contributed by atoms with Crippen molar-refractivity contribution in [2.75, 3.05) is 44.1 Å². The summed E-state index contributed by atoms with van der Waals surface area (Å²) in [6.07, 6.45) is 4.07. The largest absolute Gasteiger partial charge is 0.493 e. The maximum absolute atomic E-state index is 12.2. The van der Waals surface area contributed by atoms with Crippen LogP contribution in [0, 0.1) is 0 Å². The molecule has 2 aromatic rings. The van der Waals surface area contributed by atoms with E-state index in [1.54, 1.807) is 18.2 Å². The fourth-order valence-electron chi connectivity index (χ4n) is 3.89. The number of methoxy groups -OCH3 is 2. The van der Waals surface area contributed by atoms with Crippen LogP contribution in [-0.2, 0) is 22.4 Å². The highest BCUT2D eigenvalue weighted by Gasteiger charge is 2.17. The number of anilines is 2. The average molecular weight is 426 g/mol. The second-order valence-corrected chi connectivity index (χ2v) is 7.58. The second-order valence-electron chi connectivity index (χ2n) is 7.58. The van der Waals surface area contributed by atoms with E-state index in [0.29, 0.717) is 30.2 Å². The number of fused-ring (bicyclic) bond motifs is 1. The minimum atomic E-state index is -0.715. The quantitative estimate of drug-likeness (QED) is 0.635. The summed E-state index contributed by atoms with van der Waals surface area (Å²) < 4.78 is 10.4. The van der Waals surface area contributed by atoms with Crippen molar-refractivity contribution < 1.29 is 19.1 Å². The SMILES string of the molecule is CCCN1CCCc2cc(CCNC(=O)C(=O)Nc3ccc(OC)c(OC)c3)ccc21. The molecule has 0 radical (unpaired) electrons. The molecule has 1 aliphatic rings. The lowest BCUT2D eigenvalue weighted by Gasteiger charge is -2.31. The van der Waals surface area contributed by atoms with Crippen LogP contribution in [0.4, 0.5) is 11.4 Å². The third-order valence-corrected chi connectivity index (χ3v) is 5.40. The normalized spacial score (nSPS) is 12.7. The molecule has 31 heavy (non-hydrogen) atoms. The molecular weight excluding hydrogens is 394 g/mol. The maximum atomic E-state index is 12.2. The van der Waals surface area contributed by atoms with E-state index < -0.39 is 11.8 Å². The van der Waals surface area contributed by atoms with Crippen LogP contribution >= 0.6 is 0 Å². The van der Waals surface area contributed by atoms with Crippen LogP contribution in [0.5, 0.6) is 11.5 Å². The molecule has 0 saturated heterocycles. The first-order valence-electron chi connectivity index (χ1n) is 10.7. The summed E-state index contributed by atoms with van der Waals surface area (Å²) in [7, 11) is 3.05. The van der Waals surface area contributed by atoms with Gasteiger partial charge in [0.05, 0.1) is 14.2 Å². The molecule has 0 bridgehead atoms. The molecule has 1 aliphatic heterocycles. The van der Waals surface area contributed by atoms with Gasteiger partial charge < -0.3 is 25.0 Å². The number of amides is 2. The molecule has 0 atom stereocenters. The highest BCUT2D eigenvalue weighted by Crippen LogP contribution is 2.30. The summed E-state index contributed by atoms with van der Waals surface area (Å²) in [6, 6.07) is 11.5. The lowest BCUT2D eigenvalue weighted by Crippen LogP contribution is -2.36. The summed E-state index contributed by atoms with van der Waals surface area (Å²) >= 11 is 0. The smallest absolute Gasteiger partial charge is 0.313 e. The molecule has 2 N–H and O–H groups in total. The Kier molecular flexibility index (Phi) is 7.76. The predicted molar refractivity (Wildman–Crippen MR) is 122 cm³/mol. The van der Waals surface area contributed by atoms with E-state index in [1.807, 2.05) is 0 Å². The summed E-state index contributed by atoms with van der Waals surface area (Å²) in [4.78, 5) is 26.8. The summed E-state index contributed by atoms with van der Waals surface area (Å²) in [5, 5.41) is 5.28. The van der Waals surface area contributed by atoms with Gasteiger partial charge in [0.1, 0.15) is 0 Å². The molecule has 1 heterocycles. The van der Waals surface area contributed by atoms with Gasteiger partial charge in [-0.25, -0.2) is 0 Å². The number of carbonyl (C=O) groups excluding carboxylic acids is 2. The first kappa shape index (κ1) is 22.5. The van der Waals surface area contributed by atoms with Crippen molar-refractivity contribution in [2.45, 2.75) is 32.6 Å². The van der Waals surface area contributed by atoms with Crippen LogP contribution in [0.25, 0.3) is 0 Å². The Balaban J connectivity index is 1.51. The van der Waals surface area contributed by atoms with Crippen molar-refractivity contribution in [3.63, 3.8) is 0 Å². The number of aryl methyl sites for hydroxylation is 1. The number of hydrogen-bond donors (Lipinski definition) is 2. The zero-order chi connectivity index (χ0) is 22.2. The van der Waals surface area contributed by atoms with Crippen LogP contribution in [0.2, 0.25) is 0 Å². The predicted octanol–water partition coefficient (Wildman–Crippen LogP) is 3.16. The van der Waals surface area contributed by atoms with Gasteiger partial charge in [-0.2, -0.15) is 0 Å². The second kappa shape index (κ2) is 10.7. The van der Waals surface area contributed by atoms with E-state index in [2.05, 4.69) is 40.7 Å². The Morgan fingerprint density at radius 2 is 1.84 bits per heavy atom. The molecule has 166 valence electrons. The standard InChI is InChI=1S/C24H31N3O4/c1-4-13-27-14-5-6-18-15-17(7-9-20(18)27)11-12-25-23(28)24(29)26-19-8-10-21(30-2)22(16-19)31-3/h7-10,15-16H,4-6,11-14H2,1-3H3,(H,25,28)(H,26,29). The molecule has 0 aliphatic carbocycles. The van der Waals surface area contributed by atoms with Crippen LogP contribution < -0.4 is 25.0 Å². The number of benzene rings is 2. The Hall–Kier alpha value is -3.22. The third kappa shape index (κ3) is 5.69. The number of hydrogen-bond acceptors (Lipinski definition) is 5. The molecule has 2 aromatic carbocycles. The van der Waals surface area contributed by atoms with Gasteiger partial charge in [-0.3, -0.25) is 9.59 Å². The molecule has 0 fully saturated rings. The number of nitrogens with zero attached hydrogens (tertiary/aromatic N) is 1. The van der Waals surface area contributed by atoms with Crippen molar-refractivity contribution in [1.82, 2.24) is 5.32 Å². The van der Waals surface area contributed by atoms with Gasteiger partial charge >= 0.3 is 11.8 Å². The molecule has 2 amide bonds. The number of carbonyl (C=O) groups is 2. The van der Waals surface area contributed by atoms with E-state index in [1.165, 1.54) is 31.9 Å². The zero-order valence-electron chi connectivity index (χ0n) is 18.5. The topological polar surface area (TPSA) is 79.9 Å². The number of ether oxygens (including phenoxy) is 2. The van der Waals surface area contributed by atoms with Crippen molar-refractivity contribution in [3.05, 3.63) is 47.5 Å². The lowest BCUT2D eigenvalue weighted by atomic mass is 9.98. The first-order chi connectivity index (χ1) is 15.0. The molecule has 7 nitrogen and oxygen atoms in total. The fourth-order valence-corrected chi connectivity index (χ4v) is 3.89. The van der Waals surface area contributed by atoms with E-state index in [0.717, 1.165) is 31.5 Å². The summed E-state index contributed by atoms with van der Waals surface area (Å²) in [6.45, 7) is 4.80. The molecular formula is C24H31N3O4. The van der Waals surface area contributed by atoms with Crippen molar-refractivity contribution in [1.29, 1.82) is 0 Å². The van der Waals surface area contributed by atoms with Gasteiger partial charge in [0.2, 0.25) is 0 Å². The van der Waals surface area contributed by atoms with E-state index in [9.17, 15) is 9.59 Å². The Morgan fingerprint density at radius 3 is 2.58 bits per heavy atom. The van der Waals surface area contributed by atoms with Gasteiger partial charge in [-0.15, -0.1) is 0 Å². The van der Waals surface area contributed by atoms with Gasteiger partial charge in [0.15, 0.2) is 11.5 Å². The van der Waals surface area contributed by atoms with Crippen molar-refractivity contribution in [3.8, 4) is 11.5 Å². The lowest BCUT2D eigenvalue weighted by molar-refractivity contribution is -0.136. The van der Waals surface area contributed by atoms with Crippen LogP contribution in [0.1, 0.15) is 30.9 Å². The monoisotopic (exact) mass is 425 g/mol. The highest BCUT2D eigenvalue weighted by atomic mass is 16.5. The summed E-state index contributed by atoms with van der Waals surface area (Å²) in [5.41, 5.74) is 4.33. The molecule has 0 aromatic heterocycles. The van der Waals surface area contributed by atoms with Crippen LogP contribution in [0.3, 0.4) is 0 Å². The number of rotatable bonds is 8. The molecule has 7 heteroatoms.